The number of aliphatic hydroxyl groups is 1. The van der Waals surface area contributed by atoms with E-state index in [1.165, 1.54) is 5.57 Å². The van der Waals surface area contributed by atoms with Crippen LogP contribution in [0.3, 0.4) is 0 Å². The molecule has 1 aliphatic rings. The van der Waals surface area contributed by atoms with Crippen molar-refractivity contribution in [3.8, 4) is 0 Å². The van der Waals surface area contributed by atoms with Crippen LogP contribution in [-0.2, 0) is 0 Å². The van der Waals surface area contributed by atoms with E-state index in [4.69, 9.17) is 0 Å². The minimum atomic E-state index is -0.800. The Hall–Kier alpha value is -0.410. The molecule has 1 unspecified atom stereocenters. The van der Waals surface area contributed by atoms with E-state index in [0.29, 0.717) is 5.37 Å². The van der Waals surface area contributed by atoms with Crippen LogP contribution in [0.1, 0.15) is 27.7 Å². The van der Waals surface area contributed by atoms with Gasteiger partial charge in [-0.05, 0) is 33.3 Å². The van der Waals surface area contributed by atoms with Gasteiger partial charge in [-0.1, -0.05) is 12.7 Å². The lowest BCUT2D eigenvalue weighted by atomic mass is 10.1. The van der Waals surface area contributed by atoms with E-state index in [1.54, 1.807) is 0 Å². The van der Waals surface area contributed by atoms with Crippen LogP contribution in [0.5, 0.6) is 0 Å². The van der Waals surface area contributed by atoms with Crippen molar-refractivity contribution < 1.29 is 5.11 Å². The molecule has 0 radical (unpaired) electrons. The van der Waals surface area contributed by atoms with Crippen molar-refractivity contribution in [2.75, 3.05) is 5.75 Å². The van der Waals surface area contributed by atoms with Gasteiger partial charge in [0.25, 0.3) is 0 Å². The van der Waals surface area contributed by atoms with Gasteiger partial charge in [0, 0.05) is 11.4 Å². The molecule has 0 saturated carbocycles. The molecule has 1 rings (SSSR count). The first-order valence-electron chi connectivity index (χ1n) is 4.83. The van der Waals surface area contributed by atoms with Crippen molar-refractivity contribution in [2.24, 2.45) is 0 Å². The van der Waals surface area contributed by atoms with Gasteiger partial charge in [0.2, 0.25) is 0 Å². The van der Waals surface area contributed by atoms with Crippen LogP contribution in [-0.4, -0.2) is 26.9 Å². The van der Waals surface area contributed by atoms with E-state index in [1.807, 2.05) is 43.5 Å². The zero-order chi connectivity index (χ0) is 10.9. The van der Waals surface area contributed by atoms with Gasteiger partial charge in [-0.15, -0.1) is 11.8 Å². The maximum absolute atomic E-state index is 10.0. The summed E-state index contributed by atoms with van der Waals surface area (Å²) in [5, 5.41) is 10.4. The number of hydrogen-bond acceptors (Lipinski definition) is 3. The molecule has 3 heteroatoms. The summed E-state index contributed by atoms with van der Waals surface area (Å²) in [6.07, 6.45) is 1.88. The maximum atomic E-state index is 10.0. The molecule has 1 heterocycles. The Bertz CT molecular complexity index is 265. The zero-order valence-corrected chi connectivity index (χ0v) is 10.2. The molecule has 0 bridgehead atoms. The van der Waals surface area contributed by atoms with Gasteiger partial charge in [0.15, 0.2) is 0 Å². The van der Waals surface area contributed by atoms with Crippen molar-refractivity contribution in [2.45, 2.75) is 38.8 Å². The van der Waals surface area contributed by atoms with Gasteiger partial charge in [-0.2, -0.15) is 0 Å². The Balaban J connectivity index is 3.06. The first-order chi connectivity index (χ1) is 6.38. The fourth-order valence-corrected chi connectivity index (χ4v) is 3.19. The van der Waals surface area contributed by atoms with Crippen molar-refractivity contribution in [3.63, 3.8) is 0 Å². The Kier molecular flexibility index (Phi) is 3.32. The molecular weight excluding hydrogens is 194 g/mol. The van der Waals surface area contributed by atoms with E-state index in [0.717, 1.165) is 11.4 Å². The largest absolute Gasteiger partial charge is 0.371 e. The van der Waals surface area contributed by atoms with E-state index >= 15 is 0 Å². The third-order valence-electron chi connectivity index (χ3n) is 2.51. The molecule has 2 nitrogen and oxygen atoms in total. The molecule has 14 heavy (non-hydrogen) atoms. The first-order valence-corrected chi connectivity index (χ1v) is 5.88. The molecule has 0 aliphatic carbocycles. The average molecular weight is 213 g/mol. The molecule has 1 atom stereocenters. The minimum absolute atomic E-state index is 0.318. The molecule has 80 valence electrons. The van der Waals surface area contributed by atoms with Gasteiger partial charge in [0.1, 0.15) is 5.72 Å². The van der Waals surface area contributed by atoms with Crippen LogP contribution >= 0.6 is 11.8 Å². The molecule has 0 saturated heterocycles. The molecule has 0 spiro atoms. The minimum Gasteiger partial charge on any atom is -0.371 e. The molecule has 0 amide bonds. The van der Waals surface area contributed by atoms with Crippen LogP contribution in [0.4, 0.5) is 0 Å². The summed E-state index contributed by atoms with van der Waals surface area (Å²) in [5.74, 6) is 0.989. The SMILES string of the molecule is C=CC1=C(C)N(C(C)(C)O)C(C)SC1. The molecule has 0 aromatic carbocycles. The summed E-state index contributed by atoms with van der Waals surface area (Å²) in [4.78, 5) is 2.04. The summed E-state index contributed by atoms with van der Waals surface area (Å²) < 4.78 is 0. The maximum Gasteiger partial charge on any atom is 0.132 e. The highest BCUT2D eigenvalue weighted by molar-refractivity contribution is 8.00. The number of thioether (sulfide) groups is 1. The standard InChI is InChI=1S/C11H19NOS/c1-6-10-7-14-9(3)12(8(10)2)11(4,5)13/h6,9,13H,1,7H2,2-5H3. The third kappa shape index (κ3) is 2.15. The third-order valence-corrected chi connectivity index (χ3v) is 3.68. The van der Waals surface area contributed by atoms with Crippen molar-refractivity contribution in [1.82, 2.24) is 4.90 Å². The molecule has 0 aromatic heterocycles. The summed E-state index contributed by atoms with van der Waals surface area (Å²) in [5.41, 5.74) is 1.56. The number of allylic oxidation sites excluding steroid dienone is 2. The summed E-state index contributed by atoms with van der Waals surface area (Å²) in [7, 11) is 0. The van der Waals surface area contributed by atoms with Gasteiger partial charge < -0.3 is 10.0 Å². The lowest BCUT2D eigenvalue weighted by Gasteiger charge is -2.44. The van der Waals surface area contributed by atoms with Gasteiger partial charge in [-0.3, -0.25) is 0 Å². The van der Waals surface area contributed by atoms with Gasteiger partial charge in [-0.25, -0.2) is 0 Å². The zero-order valence-electron chi connectivity index (χ0n) is 9.37. The van der Waals surface area contributed by atoms with Crippen molar-refractivity contribution in [1.29, 1.82) is 0 Å². The van der Waals surface area contributed by atoms with E-state index in [2.05, 4.69) is 13.5 Å². The van der Waals surface area contributed by atoms with Crippen LogP contribution in [0.25, 0.3) is 0 Å². The monoisotopic (exact) mass is 213 g/mol. The second-order valence-corrected chi connectivity index (χ2v) is 5.39. The average Bonchev–Trinajstić information content (AvgIpc) is 2.02. The van der Waals surface area contributed by atoms with Crippen LogP contribution in [0.15, 0.2) is 23.9 Å². The van der Waals surface area contributed by atoms with E-state index in [-0.39, 0.29) is 0 Å². The number of rotatable bonds is 2. The predicted molar refractivity (Wildman–Crippen MR) is 63.0 cm³/mol. The van der Waals surface area contributed by atoms with Crippen LogP contribution in [0, 0.1) is 0 Å². The van der Waals surface area contributed by atoms with Gasteiger partial charge >= 0.3 is 0 Å². The topological polar surface area (TPSA) is 23.5 Å². The highest BCUT2D eigenvalue weighted by atomic mass is 32.2. The second kappa shape index (κ2) is 3.99. The van der Waals surface area contributed by atoms with E-state index < -0.39 is 5.72 Å². The van der Waals surface area contributed by atoms with Crippen LogP contribution in [0.2, 0.25) is 0 Å². The Morgan fingerprint density at radius 1 is 1.64 bits per heavy atom. The summed E-state index contributed by atoms with van der Waals surface area (Å²) >= 11 is 1.83. The quantitative estimate of drug-likeness (QED) is 0.762. The van der Waals surface area contributed by atoms with Gasteiger partial charge in [0.05, 0.1) is 5.37 Å². The Labute approximate surface area is 90.7 Å². The van der Waals surface area contributed by atoms with E-state index in [9.17, 15) is 5.11 Å². The summed E-state index contributed by atoms with van der Waals surface area (Å²) in [6, 6.07) is 0. The first kappa shape index (κ1) is 11.7. The summed E-state index contributed by atoms with van der Waals surface area (Å²) in [6.45, 7) is 11.6. The lowest BCUT2D eigenvalue weighted by Crippen LogP contribution is -2.48. The van der Waals surface area contributed by atoms with Crippen LogP contribution < -0.4 is 0 Å². The number of hydrogen-bond donors (Lipinski definition) is 1. The molecule has 0 fully saturated rings. The molecule has 0 aromatic rings. The fraction of sp³-hybridized carbons (Fsp3) is 0.636. The smallest absolute Gasteiger partial charge is 0.132 e. The normalized spacial score (nSPS) is 24.1. The fourth-order valence-electron chi connectivity index (χ4n) is 1.88. The molecule has 1 aliphatic heterocycles. The molecule has 1 N–H and O–H groups in total. The van der Waals surface area contributed by atoms with Crippen molar-refractivity contribution in [3.05, 3.63) is 23.9 Å². The Morgan fingerprint density at radius 2 is 2.21 bits per heavy atom. The Morgan fingerprint density at radius 3 is 2.64 bits per heavy atom. The van der Waals surface area contributed by atoms with Crippen molar-refractivity contribution >= 4 is 11.8 Å². The molecular formula is C11H19NOS. The second-order valence-electron chi connectivity index (χ2n) is 4.09. The highest BCUT2D eigenvalue weighted by Gasteiger charge is 2.32. The predicted octanol–water partition coefficient (Wildman–Crippen LogP) is 2.57. The lowest BCUT2D eigenvalue weighted by molar-refractivity contribution is -0.0619. The number of nitrogens with zero attached hydrogens (tertiary/aromatic N) is 1. The highest BCUT2D eigenvalue weighted by Crippen LogP contribution is 2.35.